The number of esters is 1. The SMILES string of the molecule is CCOC(=O)CCCCONC(Cn1ccnc1)=C1CCCCC1. The molecule has 0 aromatic carbocycles. The molecule has 1 saturated carbocycles. The van der Waals surface area contributed by atoms with Crippen LogP contribution in [0, 0.1) is 0 Å². The van der Waals surface area contributed by atoms with Crippen molar-refractivity contribution >= 4 is 5.97 Å². The number of nitrogens with zero attached hydrogens (tertiary/aromatic N) is 2. The number of hydroxylamine groups is 1. The van der Waals surface area contributed by atoms with Crippen LogP contribution in [0.1, 0.15) is 58.3 Å². The van der Waals surface area contributed by atoms with E-state index in [0.29, 0.717) is 19.6 Å². The third-order valence-electron chi connectivity index (χ3n) is 4.16. The molecule has 1 aliphatic carbocycles. The summed E-state index contributed by atoms with van der Waals surface area (Å²) in [6.07, 6.45) is 13.8. The molecule has 0 amide bonds. The minimum Gasteiger partial charge on any atom is -0.466 e. The van der Waals surface area contributed by atoms with Gasteiger partial charge in [0.15, 0.2) is 0 Å². The molecule has 0 saturated heterocycles. The molecule has 1 aromatic rings. The lowest BCUT2D eigenvalue weighted by Crippen LogP contribution is -2.21. The zero-order valence-electron chi connectivity index (χ0n) is 14.6. The molecule has 1 aliphatic rings. The third-order valence-corrected chi connectivity index (χ3v) is 4.16. The van der Waals surface area contributed by atoms with Crippen LogP contribution in [-0.4, -0.2) is 28.7 Å². The Morgan fingerprint density at radius 2 is 2.12 bits per heavy atom. The number of ether oxygens (including phenoxy) is 1. The van der Waals surface area contributed by atoms with E-state index in [-0.39, 0.29) is 5.97 Å². The van der Waals surface area contributed by atoms with Crippen LogP contribution < -0.4 is 5.48 Å². The summed E-state index contributed by atoms with van der Waals surface area (Å²) in [7, 11) is 0. The number of hydrogen-bond donors (Lipinski definition) is 1. The number of carbonyl (C=O) groups excluding carboxylic acids is 1. The first-order chi connectivity index (χ1) is 11.8. The summed E-state index contributed by atoms with van der Waals surface area (Å²) in [6, 6.07) is 0. The molecule has 1 N–H and O–H groups in total. The number of unbranched alkanes of at least 4 members (excludes halogenated alkanes) is 1. The van der Waals surface area contributed by atoms with Crippen molar-refractivity contribution in [1.82, 2.24) is 15.0 Å². The van der Waals surface area contributed by atoms with Crippen LogP contribution >= 0.6 is 0 Å². The van der Waals surface area contributed by atoms with E-state index in [9.17, 15) is 4.79 Å². The van der Waals surface area contributed by atoms with Gasteiger partial charge in [-0.05, 0) is 51.0 Å². The van der Waals surface area contributed by atoms with Gasteiger partial charge < -0.3 is 9.30 Å². The van der Waals surface area contributed by atoms with Crippen molar-refractivity contribution in [2.24, 2.45) is 0 Å². The lowest BCUT2D eigenvalue weighted by molar-refractivity contribution is -0.143. The second-order valence-corrected chi connectivity index (χ2v) is 6.09. The Labute approximate surface area is 144 Å². The maximum absolute atomic E-state index is 11.3. The van der Waals surface area contributed by atoms with Crippen molar-refractivity contribution in [3.05, 3.63) is 30.0 Å². The molecule has 0 radical (unpaired) electrons. The molecule has 6 heteroatoms. The summed E-state index contributed by atoms with van der Waals surface area (Å²) in [5, 5.41) is 0. The molecular weight excluding hydrogens is 306 g/mol. The number of allylic oxidation sites excluding steroid dienone is 2. The monoisotopic (exact) mass is 335 g/mol. The Balaban J connectivity index is 1.73. The van der Waals surface area contributed by atoms with Crippen molar-refractivity contribution in [3.8, 4) is 0 Å². The highest BCUT2D eigenvalue weighted by Crippen LogP contribution is 2.25. The summed E-state index contributed by atoms with van der Waals surface area (Å²) in [5.41, 5.74) is 5.77. The highest BCUT2D eigenvalue weighted by Gasteiger charge is 2.12. The normalized spacial score (nSPS) is 14.5. The zero-order valence-corrected chi connectivity index (χ0v) is 14.6. The second kappa shape index (κ2) is 10.9. The van der Waals surface area contributed by atoms with E-state index < -0.39 is 0 Å². The van der Waals surface area contributed by atoms with Gasteiger partial charge in [0.1, 0.15) is 0 Å². The molecule has 1 fully saturated rings. The molecule has 0 unspecified atom stereocenters. The third kappa shape index (κ3) is 6.74. The summed E-state index contributed by atoms with van der Waals surface area (Å²) in [5.74, 6) is -0.129. The van der Waals surface area contributed by atoms with Crippen LogP contribution in [0.4, 0.5) is 0 Å². The van der Waals surface area contributed by atoms with E-state index in [0.717, 1.165) is 37.9 Å². The van der Waals surface area contributed by atoms with Gasteiger partial charge in [-0.1, -0.05) is 6.42 Å². The predicted octanol–water partition coefficient (Wildman–Crippen LogP) is 3.36. The van der Waals surface area contributed by atoms with Crippen molar-refractivity contribution in [1.29, 1.82) is 0 Å². The fourth-order valence-electron chi connectivity index (χ4n) is 2.87. The Bertz CT molecular complexity index is 504. The first kappa shape index (κ1) is 18.5. The molecule has 0 atom stereocenters. The Kier molecular flexibility index (Phi) is 8.38. The zero-order chi connectivity index (χ0) is 17.0. The summed E-state index contributed by atoms with van der Waals surface area (Å²) in [6.45, 7) is 3.62. The quantitative estimate of drug-likeness (QED) is 0.403. The minimum atomic E-state index is -0.129. The van der Waals surface area contributed by atoms with E-state index >= 15 is 0 Å². The van der Waals surface area contributed by atoms with Gasteiger partial charge >= 0.3 is 5.97 Å². The number of aromatic nitrogens is 2. The van der Waals surface area contributed by atoms with Crippen LogP contribution in [0.5, 0.6) is 0 Å². The average molecular weight is 335 g/mol. The van der Waals surface area contributed by atoms with Crippen LogP contribution in [0.25, 0.3) is 0 Å². The number of nitrogens with one attached hydrogen (secondary N) is 1. The van der Waals surface area contributed by atoms with E-state index in [1.807, 2.05) is 24.0 Å². The lowest BCUT2D eigenvalue weighted by atomic mass is 9.93. The molecular formula is C18H29N3O3. The van der Waals surface area contributed by atoms with Gasteiger partial charge in [-0.2, -0.15) is 0 Å². The van der Waals surface area contributed by atoms with Crippen LogP contribution in [0.2, 0.25) is 0 Å². The summed E-state index contributed by atoms with van der Waals surface area (Å²) >= 11 is 0. The van der Waals surface area contributed by atoms with E-state index in [4.69, 9.17) is 9.57 Å². The van der Waals surface area contributed by atoms with E-state index in [1.54, 1.807) is 6.20 Å². The van der Waals surface area contributed by atoms with E-state index in [2.05, 4.69) is 10.5 Å². The molecule has 1 aromatic heterocycles. The smallest absolute Gasteiger partial charge is 0.305 e. The van der Waals surface area contributed by atoms with Gasteiger partial charge in [0.2, 0.25) is 0 Å². The molecule has 134 valence electrons. The van der Waals surface area contributed by atoms with Gasteiger partial charge in [0.05, 0.1) is 31.8 Å². The van der Waals surface area contributed by atoms with Gasteiger partial charge in [0, 0.05) is 18.8 Å². The number of imidazole rings is 1. The highest BCUT2D eigenvalue weighted by atomic mass is 16.6. The predicted molar refractivity (Wildman–Crippen MR) is 91.9 cm³/mol. The fraction of sp³-hybridized carbons (Fsp3) is 0.667. The molecule has 0 spiro atoms. The topological polar surface area (TPSA) is 65.4 Å². The maximum atomic E-state index is 11.3. The van der Waals surface area contributed by atoms with Crippen molar-refractivity contribution in [3.63, 3.8) is 0 Å². The van der Waals surface area contributed by atoms with Gasteiger partial charge in [-0.25, -0.2) is 4.98 Å². The van der Waals surface area contributed by atoms with E-state index in [1.165, 1.54) is 24.8 Å². The summed E-state index contributed by atoms with van der Waals surface area (Å²) < 4.78 is 6.96. The Morgan fingerprint density at radius 1 is 1.29 bits per heavy atom. The molecule has 6 nitrogen and oxygen atoms in total. The average Bonchev–Trinajstić information content (AvgIpc) is 3.11. The number of hydrogen-bond acceptors (Lipinski definition) is 5. The molecule has 0 aliphatic heterocycles. The first-order valence-electron chi connectivity index (χ1n) is 8.99. The summed E-state index contributed by atoms with van der Waals surface area (Å²) in [4.78, 5) is 21.0. The number of rotatable bonds is 10. The van der Waals surface area contributed by atoms with Crippen molar-refractivity contribution in [2.75, 3.05) is 13.2 Å². The largest absolute Gasteiger partial charge is 0.466 e. The number of carbonyl (C=O) groups is 1. The minimum absolute atomic E-state index is 0.129. The first-order valence-corrected chi connectivity index (χ1v) is 8.99. The molecule has 2 rings (SSSR count). The van der Waals surface area contributed by atoms with Crippen LogP contribution in [0.3, 0.4) is 0 Å². The maximum Gasteiger partial charge on any atom is 0.305 e. The van der Waals surface area contributed by atoms with Crippen molar-refractivity contribution < 1.29 is 14.4 Å². The Hall–Kier alpha value is -1.82. The van der Waals surface area contributed by atoms with Crippen LogP contribution in [0.15, 0.2) is 30.0 Å². The second-order valence-electron chi connectivity index (χ2n) is 6.09. The molecule has 0 bridgehead atoms. The highest BCUT2D eigenvalue weighted by molar-refractivity contribution is 5.69. The molecule has 24 heavy (non-hydrogen) atoms. The van der Waals surface area contributed by atoms with Crippen LogP contribution in [-0.2, 0) is 20.9 Å². The van der Waals surface area contributed by atoms with Gasteiger partial charge in [-0.15, -0.1) is 0 Å². The standard InChI is InChI=1S/C18H29N3O3/c1-2-23-18(22)10-6-7-13-24-20-17(14-21-12-11-19-15-21)16-8-4-3-5-9-16/h11-12,15,20H,2-10,13-14H2,1H3. The fourth-order valence-corrected chi connectivity index (χ4v) is 2.87. The Morgan fingerprint density at radius 3 is 2.83 bits per heavy atom. The van der Waals surface area contributed by atoms with Gasteiger partial charge in [0.25, 0.3) is 0 Å². The molecule has 1 heterocycles. The lowest BCUT2D eigenvalue weighted by Gasteiger charge is -2.20. The van der Waals surface area contributed by atoms with Crippen molar-refractivity contribution in [2.45, 2.75) is 64.8 Å². The van der Waals surface area contributed by atoms with Gasteiger partial charge in [-0.3, -0.25) is 15.1 Å².